The largest absolute Gasteiger partial charge is 0.494 e. The first-order valence-electron chi connectivity index (χ1n) is 10.4. The molecule has 180 valence electrons. The minimum absolute atomic E-state index is 0.0824. The fourth-order valence-corrected chi connectivity index (χ4v) is 4.12. The molecule has 0 saturated carbocycles. The topological polar surface area (TPSA) is 62.1 Å². The van der Waals surface area contributed by atoms with Crippen LogP contribution in [0.1, 0.15) is 29.2 Å². The number of ether oxygens (including phenoxy) is 1. The summed E-state index contributed by atoms with van der Waals surface area (Å²) in [6.07, 6.45) is -2.82. The molecule has 1 amide bonds. The van der Waals surface area contributed by atoms with E-state index < -0.39 is 17.6 Å². The van der Waals surface area contributed by atoms with Crippen molar-refractivity contribution in [1.82, 2.24) is 0 Å². The standard InChI is InChI=1S/C26H19F4IN2O2/c1-2-35-24-13-17(12-23(31)22(24)11-16-5-3-7-20(27)10-16)9-18(15-32)25(34)33-21-8-4-6-19(14-21)26(28,29)30/h3-10,12-14H,2,11H2,1H3,(H,33,34)/b18-9+. The van der Waals surface area contributed by atoms with Crippen LogP contribution in [0, 0.1) is 20.7 Å². The number of amides is 1. The third-order valence-corrected chi connectivity index (χ3v) is 5.83. The zero-order valence-electron chi connectivity index (χ0n) is 18.4. The fraction of sp³-hybridized carbons (Fsp3) is 0.154. The van der Waals surface area contributed by atoms with Crippen LogP contribution < -0.4 is 10.1 Å². The summed E-state index contributed by atoms with van der Waals surface area (Å²) in [4.78, 5) is 12.6. The number of hydrogen-bond acceptors (Lipinski definition) is 3. The molecule has 1 N–H and O–H groups in total. The zero-order valence-corrected chi connectivity index (χ0v) is 20.6. The average Bonchev–Trinajstić information content (AvgIpc) is 2.79. The molecule has 3 aromatic rings. The molecule has 0 bridgehead atoms. The Morgan fingerprint density at radius 1 is 1.14 bits per heavy atom. The molecule has 0 atom stereocenters. The minimum atomic E-state index is -4.56. The molecule has 0 heterocycles. The number of carbonyl (C=O) groups excluding carboxylic acids is 1. The summed E-state index contributed by atoms with van der Waals surface area (Å²) in [5.74, 6) is -0.672. The van der Waals surface area contributed by atoms with Gasteiger partial charge in [-0.1, -0.05) is 18.2 Å². The van der Waals surface area contributed by atoms with Gasteiger partial charge >= 0.3 is 6.18 Å². The van der Waals surface area contributed by atoms with Crippen molar-refractivity contribution in [3.63, 3.8) is 0 Å². The van der Waals surface area contributed by atoms with E-state index in [0.29, 0.717) is 24.3 Å². The zero-order chi connectivity index (χ0) is 25.6. The molecule has 0 aromatic heterocycles. The SMILES string of the molecule is CCOc1cc(/C=C(\C#N)C(=O)Nc2cccc(C(F)(F)F)c2)cc(I)c1Cc1cccc(F)c1. The molecule has 0 saturated heterocycles. The smallest absolute Gasteiger partial charge is 0.416 e. The van der Waals surface area contributed by atoms with Gasteiger partial charge in [-0.3, -0.25) is 4.79 Å². The van der Waals surface area contributed by atoms with Gasteiger partial charge in [-0.2, -0.15) is 18.4 Å². The van der Waals surface area contributed by atoms with Crippen LogP contribution in [0.2, 0.25) is 0 Å². The Balaban J connectivity index is 1.90. The van der Waals surface area contributed by atoms with Crippen molar-refractivity contribution in [2.24, 2.45) is 0 Å². The highest BCUT2D eigenvalue weighted by Crippen LogP contribution is 2.32. The summed E-state index contributed by atoms with van der Waals surface area (Å²) in [6.45, 7) is 2.17. The lowest BCUT2D eigenvalue weighted by molar-refractivity contribution is -0.137. The summed E-state index contributed by atoms with van der Waals surface area (Å²) < 4.78 is 59.0. The van der Waals surface area contributed by atoms with Crippen LogP contribution in [0.4, 0.5) is 23.2 Å². The first-order valence-corrected chi connectivity index (χ1v) is 11.5. The first-order chi connectivity index (χ1) is 16.6. The highest BCUT2D eigenvalue weighted by molar-refractivity contribution is 14.1. The maximum absolute atomic E-state index is 13.6. The van der Waals surface area contributed by atoms with E-state index in [2.05, 4.69) is 27.9 Å². The van der Waals surface area contributed by atoms with Gasteiger partial charge in [-0.25, -0.2) is 4.39 Å². The van der Waals surface area contributed by atoms with Crippen molar-refractivity contribution in [1.29, 1.82) is 5.26 Å². The molecular formula is C26H19F4IN2O2. The van der Waals surface area contributed by atoms with E-state index in [-0.39, 0.29) is 17.1 Å². The van der Waals surface area contributed by atoms with Crippen molar-refractivity contribution in [3.8, 4) is 11.8 Å². The van der Waals surface area contributed by atoms with E-state index >= 15 is 0 Å². The molecule has 9 heteroatoms. The Bertz CT molecular complexity index is 1310. The Hall–Kier alpha value is -3.39. The minimum Gasteiger partial charge on any atom is -0.494 e. The van der Waals surface area contributed by atoms with Crippen LogP contribution in [-0.2, 0) is 17.4 Å². The number of hydrogen-bond donors (Lipinski definition) is 1. The van der Waals surface area contributed by atoms with E-state index in [1.165, 1.54) is 30.3 Å². The molecule has 0 unspecified atom stereocenters. The molecular weight excluding hydrogens is 575 g/mol. The number of carbonyl (C=O) groups is 1. The average molecular weight is 594 g/mol. The molecule has 35 heavy (non-hydrogen) atoms. The van der Waals surface area contributed by atoms with E-state index in [1.807, 2.05) is 6.92 Å². The molecule has 0 fully saturated rings. The van der Waals surface area contributed by atoms with Gasteiger partial charge in [0.1, 0.15) is 23.2 Å². The second kappa shape index (κ2) is 11.4. The Morgan fingerprint density at radius 2 is 1.89 bits per heavy atom. The number of nitriles is 1. The highest BCUT2D eigenvalue weighted by atomic mass is 127. The lowest BCUT2D eigenvalue weighted by atomic mass is 10.0. The predicted molar refractivity (Wildman–Crippen MR) is 133 cm³/mol. The first kappa shape index (κ1) is 26.2. The molecule has 3 aromatic carbocycles. The number of nitrogens with zero attached hydrogens (tertiary/aromatic N) is 1. The molecule has 4 nitrogen and oxygen atoms in total. The second-order valence-electron chi connectivity index (χ2n) is 7.42. The number of halogens is 5. The fourth-order valence-electron chi connectivity index (χ4n) is 3.31. The van der Waals surface area contributed by atoms with Crippen LogP contribution in [0.15, 0.2) is 66.2 Å². The van der Waals surface area contributed by atoms with Crippen LogP contribution >= 0.6 is 22.6 Å². The van der Waals surface area contributed by atoms with Gasteiger partial charge in [0.05, 0.1) is 12.2 Å². The number of nitrogens with one attached hydrogen (secondary N) is 1. The van der Waals surface area contributed by atoms with Gasteiger partial charge in [0.2, 0.25) is 0 Å². The molecule has 0 aliphatic rings. The summed E-state index contributed by atoms with van der Waals surface area (Å²) in [5, 5.41) is 11.8. The summed E-state index contributed by atoms with van der Waals surface area (Å²) in [7, 11) is 0. The van der Waals surface area contributed by atoms with Crippen molar-refractivity contribution >= 4 is 40.3 Å². The second-order valence-corrected chi connectivity index (χ2v) is 8.58. The Morgan fingerprint density at radius 3 is 2.54 bits per heavy atom. The van der Waals surface area contributed by atoms with Crippen molar-refractivity contribution in [2.45, 2.75) is 19.5 Å². The van der Waals surface area contributed by atoms with Crippen LogP contribution in [-0.4, -0.2) is 12.5 Å². The Labute approximate surface area is 213 Å². The molecule has 0 radical (unpaired) electrons. The number of benzene rings is 3. The van der Waals surface area contributed by atoms with Gasteiger partial charge in [0.15, 0.2) is 0 Å². The van der Waals surface area contributed by atoms with Crippen LogP contribution in [0.5, 0.6) is 5.75 Å². The van der Waals surface area contributed by atoms with E-state index in [1.54, 1.807) is 30.3 Å². The predicted octanol–water partition coefficient (Wildman–Crippen LogP) is 6.98. The highest BCUT2D eigenvalue weighted by Gasteiger charge is 2.30. The normalized spacial score (nSPS) is 11.6. The van der Waals surface area contributed by atoms with Gasteiger partial charge in [0.25, 0.3) is 5.91 Å². The third kappa shape index (κ3) is 7.05. The Kier molecular flexibility index (Phi) is 8.51. The van der Waals surface area contributed by atoms with Crippen molar-refractivity contribution < 1.29 is 27.1 Å². The quantitative estimate of drug-likeness (QED) is 0.139. The van der Waals surface area contributed by atoms with Crippen molar-refractivity contribution in [3.05, 3.63) is 97.9 Å². The van der Waals surface area contributed by atoms with E-state index in [9.17, 15) is 27.6 Å². The molecule has 0 spiro atoms. The van der Waals surface area contributed by atoms with Gasteiger partial charge in [-0.05, 0) is 89.2 Å². The molecule has 0 aliphatic carbocycles. The van der Waals surface area contributed by atoms with Gasteiger partial charge in [-0.15, -0.1) is 0 Å². The van der Waals surface area contributed by atoms with Crippen molar-refractivity contribution in [2.75, 3.05) is 11.9 Å². The van der Waals surface area contributed by atoms with Crippen LogP contribution in [0.25, 0.3) is 6.08 Å². The molecule has 0 aliphatic heterocycles. The summed E-state index contributed by atoms with van der Waals surface area (Å²) in [6, 6.07) is 15.6. The van der Waals surface area contributed by atoms with E-state index in [0.717, 1.165) is 26.8 Å². The third-order valence-electron chi connectivity index (χ3n) is 4.87. The maximum Gasteiger partial charge on any atom is 0.416 e. The lowest BCUT2D eigenvalue weighted by Gasteiger charge is -2.14. The summed E-state index contributed by atoms with van der Waals surface area (Å²) in [5.41, 5.74) is 0.783. The van der Waals surface area contributed by atoms with Gasteiger partial charge in [0, 0.05) is 21.2 Å². The number of alkyl halides is 3. The maximum atomic E-state index is 13.6. The molecule has 3 rings (SSSR count). The van der Waals surface area contributed by atoms with E-state index in [4.69, 9.17) is 4.74 Å². The summed E-state index contributed by atoms with van der Waals surface area (Å²) >= 11 is 2.10. The van der Waals surface area contributed by atoms with Crippen LogP contribution in [0.3, 0.4) is 0 Å². The monoisotopic (exact) mass is 594 g/mol. The number of anilines is 1. The number of rotatable bonds is 7. The lowest BCUT2D eigenvalue weighted by Crippen LogP contribution is -2.14. The van der Waals surface area contributed by atoms with Gasteiger partial charge < -0.3 is 10.1 Å².